The maximum absolute atomic E-state index is 13.3. The molecule has 12 nitrogen and oxygen atoms in total. The molecule has 2 aromatic heterocycles. The number of carboxylic acids is 1. The summed E-state index contributed by atoms with van der Waals surface area (Å²) >= 11 is 0. The highest BCUT2D eigenvalue weighted by Crippen LogP contribution is 2.31. The van der Waals surface area contributed by atoms with Crippen molar-refractivity contribution >= 4 is 37.0 Å². The molecule has 4 rings (SSSR count). The SMILES string of the molecule is COc1cnc2c(c1)n(CC(=O)O)c(=O)n2C1CCN(S(=O)(=O)c2ccccc2S(C)(=O)=O)CC1. The van der Waals surface area contributed by atoms with Crippen molar-refractivity contribution in [3.8, 4) is 5.75 Å². The summed E-state index contributed by atoms with van der Waals surface area (Å²) in [6.07, 6.45) is 2.88. The minimum atomic E-state index is -4.10. The van der Waals surface area contributed by atoms with Crippen molar-refractivity contribution in [3.05, 3.63) is 47.0 Å². The highest BCUT2D eigenvalue weighted by Gasteiger charge is 2.34. The molecule has 0 bridgehead atoms. The van der Waals surface area contributed by atoms with Gasteiger partial charge >= 0.3 is 11.7 Å². The fourth-order valence-electron chi connectivity index (χ4n) is 4.31. The lowest BCUT2D eigenvalue weighted by Crippen LogP contribution is -2.41. The summed E-state index contributed by atoms with van der Waals surface area (Å²) < 4.78 is 59.6. The summed E-state index contributed by atoms with van der Waals surface area (Å²) in [5.41, 5.74) is 0.0153. The second-order valence-electron chi connectivity index (χ2n) is 8.20. The number of aliphatic carboxylic acids is 1. The molecule has 3 heterocycles. The molecule has 188 valence electrons. The Labute approximate surface area is 201 Å². The lowest BCUT2D eigenvalue weighted by atomic mass is 10.1. The maximum atomic E-state index is 13.3. The van der Waals surface area contributed by atoms with Gasteiger partial charge in [0.25, 0.3) is 0 Å². The van der Waals surface area contributed by atoms with E-state index in [2.05, 4.69) is 4.98 Å². The van der Waals surface area contributed by atoms with Gasteiger partial charge in [-0.3, -0.25) is 13.9 Å². The van der Waals surface area contributed by atoms with Crippen LogP contribution in [0.4, 0.5) is 0 Å². The van der Waals surface area contributed by atoms with Crippen LogP contribution in [0, 0.1) is 0 Å². The Balaban J connectivity index is 1.67. The number of carbonyl (C=O) groups is 1. The monoisotopic (exact) mass is 524 g/mol. The number of piperidine rings is 1. The zero-order valence-electron chi connectivity index (χ0n) is 19.0. The molecule has 1 aromatic carbocycles. The van der Waals surface area contributed by atoms with Crippen LogP contribution in [0.1, 0.15) is 18.9 Å². The molecule has 1 aliphatic heterocycles. The molecule has 14 heteroatoms. The van der Waals surface area contributed by atoms with E-state index >= 15 is 0 Å². The van der Waals surface area contributed by atoms with E-state index < -0.39 is 44.1 Å². The number of imidazole rings is 1. The Morgan fingerprint density at radius 1 is 1.14 bits per heavy atom. The number of nitrogens with zero attached hydrogens (tertiary/aromatic N) is 4. The molecular formula is C21H24N4O8S2. The minimum absolute atomic E-state index is 0.0410. The van der Waals surface area contributed by atoms with E-state index in [0.29, 0.717) is 11.3 Å². The number of pyridine rings is 1. The summed E-state index contributed by atoms with van der Waals surface area (Å²) in [5.74, 6) is -0.835. The number of rotatable bonds is 7. The molecule has 0 atom stereocenters. The highest BCUT2D eigenvalue weighted by atomic mass is 32.2. The molecule has 0 spiro atoms. The Morgan fingerprint density at radius 3 is 2.34 bits per heavy atom. The number of methoxy groups -OCH3 is 1. The van der Waals surface area contributed by atoms with Gasteiger partial charge in [-0.1, -0.05) is 12.1 Å². The zero-order valence-corrected chi connectivity index (χ0v) is 20.6. The summed E-state index contributed by atoms with van der Waals surface area (Å²) in [7, 11) is -6.45. The van der Waals surface area contributed by atoms with Crippen molar-refractivity contribution in [1.29, 1.82) is 0 Å². The number of hydrogen-bond acceptors (Lipinski definition) is 8. The topological polar surface area (TPSA) is 158 Å². The van der Waals surface area contributed by atoms with Gasteiger partial charge in [0, 0.05) is 31.5 Å². The first-order chi connectivity index (χ1) is 16.4. The number of benzene rings is 1. The Hall–Kier alpha value is -3.23. The third kappa shape index (κ3) is 4.56. The molecule has 0 radical (unpaired) electrons. The molecule has 0 saturated carbocycles. The van der Waals surface area contributed by atoms with Crippen LogP contribution < -0.4 is 10.4 Å². The normalized spacial score (nSPS) is 15.9. The van der Waals surface area contributed by atoms with Gasteiger partial charge in [0.2, 0.25) is 10.0 Å². The Morgan fingerprint density at radius 2 is 1.77 bits per heavy atom. The van der Waals surface area contributed by atoms with E-state index in [-0.39, 0.29) is 41.4 Å². The molecule has 0 unspecified atom stereocenters. The van der Waals surface area contributed by atoms with Gasteiger partial charge in [0.05, 0.1) is 23.7 Å². The molecule has 0 amide bonds. The van der Waals surface area contributed by atoms with Crippen LogP contribution in [0.15, 0.2) is 51.1 Å². The minimum Gasteiger partial charge on any atom is -0.495 e. The van der Waals surface area contributed by atoms with Crippen LogP contribution in [0.3, 0.4) is 0 Å². The van der Waals surface area contributed by atoms with E-state index in [1.807, 2.05) is 0 Å². The van der Waals surface area contributed by atoms with Gasteiger partial charge in [0.15, 0.2) is 15.5 Å². The second-order valence-corrected chi connectivity index (χ2v) is 12.1. The quantitative estimate of drug-likeness (QED) is 0.470. The predicted molar refractivity (Wildman–Crippen MR) is 125 cm³/mol. The summed E-state index contributed by atoms with van der Waals surface area (Å²) in [5, 5.41) is 9.27. The summed E-state index contributed by atoms with van der Waals surface area (Å²) in [6, 6.07) is 6.54. The largest absolute Gasteiger partial charge is 0.495 e. The van der Waals surface area contributed by atoms with Gasteiger partial charge in [-0.15, -0.1) is 0 Å². The molecule has 0 aliphatic carbocycles. The molecular weight excluding hydrogens is 500 g/mol. The number of sulfone groups is 1. The average molecular weight is 525 g/mol. The summed E-state index contributed by atoms with van der Waals surface area (Å²) in [4.78, 5) is 28.3. The number of aromatic nitrogens is 3. The number of sulfonamides is 1. The third-order valence-corrected chi connectivity index (χ3v) is 9.20. The van der Waals surface area contributed by atoms with E-state index in [9.17, 15) is 31.5 Å². The van der Waals surface area contributed by atoms with Crippen molar-refractivity contribution < 1.29 is 31.5 Å². The third-order valence-electron chi connectivity index (χ3n) is 5.96. The smallest absolute Gasteiger partial charge is 0.331 e. The first-order valence-corrected chi connectivity index (χ1v) is 13.9. The standard InChI is InChI=1S/C21H24N4O8S2/c1-33-15-11-16-20(22-12-15)25(21(28)24(16)13-19(26)27)14-7-9-23(10-8-14)35(31,32)18-6-4-3-5-17(18)34(2,29)30/h3-6,11-12,14H,7-10,13H2,1-2H3,(H,26,27). The first-order valence-electron chi connectivity index (χ1n) is 10.6. The van der Waals surface area contributed by atoms with Crippen LogP contribution in [-0.4, -0.2) is 72.8 Å². The fourth-order valence-corrected chi connectivity index (χ4v) is 7.39. The summed E-state index contributed by atoms with van der Waals surface area (Å²) in [6.45, 7) is -0.481. The van der Waals surface area contributed by atoms with Crippen LogP contribution in [-0.2, 0) is 31.2 Å². The van der Waals surface area contributed by atoms with E-state index in [0.717, 1.165) is 10.8 Å². The van der Waals surface area contributed by atoms with Crippen LogP contribution >= 0.6 is 0 Å². The van der Waals surface area contributed by atoms with Gasteiger partial charge < -0.3 is 9.84 Å². The fraction of sp³-hybridized carbons (Fsp3) is 0.381. The van der Waals surface area contributed by atoms with E-state index in [1.165, 1.54) is 52.5 Å². The number of ether oxygens (including phenoxy) is 1. The molecule has 3 aromatic rings. The number of carboxylic acid groups (broad SMARTS) is 1. The van der Waals surface area contributed by atoms with Crippen LogP contribution in [0.25, 0.3) is 11.2 Å². The van der Waals surface area contributed by atoms with Crippen molar-refractivity contribution in [3.63, 3.8) is 0 Å². The number of hydrogen-bond donors (Lipinski definition) is 1. The number of fused-ring (bicyclic) bond motifs is 1. The Bertz CT molecular complexity index is 1570. The molecule has 1 aliphatic rings. The van der Waals surface area contributed by atoms with Gasteiger partial charge in [-0.25, -0.2) is 26.6 Å². The van der Waals surface area contributed by atoms with E-state index in [1.54, 1.807) is 0 Å². The molecule has 1 saturated heterocycles. The molecule has 1 fully saturated rings. The van der Waals surface area contributed by atoms with Gasteiger partial charge in [-0.2, -0.15) is 4.31 Å². The van der Waals surface area contributed by atoms with Crippen LogP contribution in [0.2, 0.25) is 0 Å². The second kappa shape index (κ2) is 9.09. The highest BCUT2D eigenvalue weighted by molar-refractivity contribution is 7.93. The van der Waals surface area contributed by atoms with Crippen molar-refractivity contribution in [2.45, 2.75) is 35.2 Å². The maximum Gasteiger partial charge on any atom is 0.331 e. The van der Waals surface area contributed by atoms with Gasteiger partial charge in [0.1, 0.15) is 17.2 Å². The molecule has 1 N–H and O–H groups in total. The average Bonchev–Trinajstić information content (AvgIpc) is 3.08. The molecule has 35 heavy (non-hydrogen) atoms. The van der Waals surface area contributed by atoms with Crippen LogP contribution in [0.5, 0.6) is 5.75 Å². The Kier molecular flexibility index (Phi) is 6.46. The van der Waals surface area contributed by atoms with Gasteiger partial charge in [-0.05, 0) is 25.0 Å². The van der Waals surface area contributed by atoms with E-state index in [4.69, 9.17) is 4.74 Å². The first kappa shape index (κ1) is 24.9. The zero-order chi connectivity index (χ0) is 25.5. The van der Waals surface area contributed by atoms with Crippen molar-refractivity contribution in [1.82, 2.24) is 18.4 Å². The predicted octanol–water partition coefficient (Wildman–Crippen LogP) is 0.721. The lowest BCUT2D eigenvalue weighted by Gasteiger charge is -2.32. The lowest BCUT2D eigenvalue weighted by molar-refractivity contribution is -0.137. The van der Waals surface area contributed by atoms with Crippen molar-refractivity contribution in [2.24, 2.45) is 0 Å². The van der Waals surface area contributed by atoms with Crippen molar-refractivity contribution in [2.75, 3.05) is 26.5 Å².